The lowest BCUT2D eigenvalue weighted by atomic mass is 9.97. The van der Waals surface area contributed by atoms with Gasteiger partial charge in [-0.25, -0.2) is 15.0 Å². The second-order valence-corrected chi connectivity index (χ2v) is 13.3. The summed E-state index contributed by atoms with van der Waals surface area (Å²) in [5.41, 5.74) is 11.3. The standard InChI is InChI=1S/C49H31N3O/c1-3-11-32(12-4-1)34-21-25-36(26-22-34)47-50-48(52-49(51-47)41-18-9-17-38(29-41)33-13-5-2-6-14-33)37-27-23-35(24-28-37)42-19-10-20-44-46(42)43-30-39-15-7-8-16-40(39)31-45(43)53-44/h1-31H. The van der Waals surface area contributed by atoms with Gasteiger partial charge in [0, 0.05) is 27.5 Å². The second-order valence-electron chi connectivity index (χ2n) is 13.3. The van der Waals surface area contributed by atoms with Crippen LogP contribution in [0, 0.1) is 0 Å². The monoisotopic (exact) mass is 677 g/mol. The number of nitrogens with zero attached hydrogens (tertiary/aromatic N) is 3. The molecular formula is C49H31N3O. The Morgan fingerprint density at radius 2 is 0.774 bits per heavy atom. The van der Waals surface area contributed by atoms with Gasteiger partial charge in [0.15, 0.2) is 17.5 Å². The molecule has 10 aromatic rings. The van der Waals surface area contributed by atoms with Crippen LogP contribution in [0.2, 0.25) is 0 Å². The molecule has 10 rings (SSSR count). The van der Waals surface area contributed by atoms with Crippen molar-refractivity contribution in [1.82, 2.24) is 15.0 Å². The van der Waals surface area contributed by atoms with Crippen molar-refractivity contribution in [3.63, 3.8) is 0 Å². The number of hydrogen-bond donors (Lipinski definition) is 0. The quantitative estimate of drug-likeness (QED) is 0.176. The first-order valence-electron chi connectivity index (χ1n) is 17.8. The van der Waals surface area contributed by atoms with Crippen molar-refractivity contribution in [1.29, 1.82) is 0 Å². The Hall–Kier alpha value is -7.17. The highest BCUT2D eigenvalue weighted by Gasteiger charge is 2.16. The van der Waals surface area contributed by atoms with Gasteiger partial charge < -0.3 is 4.42 Å². The van der Waals surface area contributed by atoms with Crippen LogP contribution in [0.4, 0.5) is 0 Å². The van der Waals surface area contributed by atoms with Gasteiger partial charge in [-0.1, -0.05) is 164 Å². The predicted octanol–water partition coefficient (Wildman–Crippen LogP) is 12.9. The van der Waals surface area contributed by atoms with Crippen LogP contribution in [0.5, 0.6) is 0 Å². The summed E-state index contributed by atoms with van der Waals surface area (Å²) in [4.78, 5) is 15.2. The summed E-state index contributed by atoms with van der Waals surface area (Å²) in [6.07, 6.45) is 0. The van der Waals surface area contributed by atoms with Crippen LogP contribution in [-0.2, 0) is 0 Å². The second kappa shape index (κ2) is 12.9. The number of aromatic nitrogens is 3. The van der Waals surface area contributed by atoms with E-state index in [2.05, 4.69) is 170 Å². The summed E-state index contributed by atoms with van der Waals surface area (Å²) in [5, 5.41) is 4.59. The Morgan fingerprint density at radius 1 is 0.302 bits per heavy atom. The number of rotatable bonds is 6. The summed E-state index contributed by atoms with van der Waals surface area (Å²) in [7, 11) is 0. The molecule has 4 nitrogen and oxygen atoms in total. The number of fused-ring (bicyclic) bond motifs is 4. The largest absolute Gasteiger partial charge is 0.456 e. The highest BCUT2D eigenvalue weighted by molar-refractivity contribution is 6.15. The molecule has 0 fully saturated rings. The van der Waals surface area contributed by atoms with E-state index in [0.29, 0.717) is 17.5 Å². The molecule has 0 amide bonds. The molecule has 53 heavy (non-hydrogen) atoms. The average Bonchev–Trinajstić information content (AvgIpc) is 3.61. The molecular weight excluding hydrogens is 647 g/mol. The highest BCUT2D eigenvalue weighted by atomic mass is 16.3. The Bertz CT molecular complexity index is 2910. The van der Waals surface area contributed by atoms with Crippen LogP contribution in [-0.4, -0.2) is 15.0 Å². The molecule has 0 unspecified atom stereocenters. The zero-order valence-corrected chi connectivity index (χ0v) is 28.6. The number of hydrogen-bond acceptors (Lipinski definition) is 4. The maximum Gasteiger partial charge on any atom is 0.164 e. The first-order valence-corrected chi connectivity index (χ1v) is 17.8. The minimum atomic E-state index is 0.618. The summed E-state index contributed by atoms with van der Waals surface area (Å²) >= 11 is 0. The minimum absolute atomic E-state index is 0.618. The fraction of sp³-hybridized carbons (Fsp3) is 0. The third kappa shape index (κ3) is 5.73. The van der Waals surface area contributed by atoms with Crippen LogP contribution in [0.1, 0.15) is 0 Å². The molecule has 0 bridgehead atoms. The van der Waals surface area contributed by atoms with Crippen molar-refractivity contribution in [2.24, 2.45) is 0 Å². The van der Waals surface area contributed by atoms with Crippen molar-refractivity contribution >= 4 is 32.7 Å². The van der Waals surface area contributed by atoms with E-state index in [-0.39, 0.29) is 0 Å². The molecule has 0 aliphatic heterocycles. The maximum atomic E-state index is 6.37. The Labute approximate surface area is 306 Å². The minimum Gasteiger partial charge on any atom is -0.456 e. The van der Waals surface area contributed by atoms with Crippen LogP contribution in [0.3, 0.4) is 0 Å². The van der Waals surface area contributed by atoms with E-state index in [4.69, 9.17) is 19.4 Å². The number of furan rings is 1. The normalized spacial score (nSPS) is 11.4. The van der Waals surface area contributed by atoms with Crippen molar-refractivity contribution in [2.75, 3.05) is 0 Å². The molecule has 0 aliphatic rings. The lowest BCUT2D eigenvalue weighted by molar-refractivity contribution is 0.669. The van der Waals surface area contributed by atoms with E-state index in [0.717, 1.165) is 66.4 Å². The first-order chi connectivity index (χ1) is 26.2. The molecule has 0 atom stereocenters. The van der Waals surface area contributed by atoms with Gasteiger partial charge in [-0.15, -0.1) is 0 Å². The van der Waals surface area contributed by atoms with E-state index in [1.165, 1.54) is 16.3 Å². The first kappa shape index (κ1) is 30.6. The topological polar surface area (TPSA) is 51.8 Å². The van der Waals surface area contributed by atoms with E-state index in [9.17, 15) is 0 Å². The van der Waals surface area contributed by atoms with Gasteiger partial charge in [-0.2, -0.15) is 0 Å². The molecule has 0 N–H and O–H groups in total. The van der Waals surface area contributed by atoms with Gasteiger partial charge >= 0.3 is 0 Å². The van der Waals surface area contributed by atoms with Gasteiger partial charge in [0.1, 0.15) is 11.2 Å². The average molecular weight is 678 g/mol. The third-order valence-corrected chi connectivity index (χ3v) is 9.93. The highest BCUT2D eigenvalue weighted by Crippen LogP contribution is 2.39. The van der Waals surface area contributed by atoms with Gasteiger partial charge in [0.25, 0.3) is 0 Å². The molecule has 0 saturated carbocycles. The summed E-state index contributed by atoms with van der Waals surface area (Å²) in [5.74, 6) is 1.87. The van der Waals surface area contributed by atoms with E-state index in [1.54, 1.807) is 0 Å². The van der Waals surface area contributed by atoms with E-state index in [1.807, 2.05) is 18.2 Å². The molecule has 0 radical (unpaired) electrons. The van der Waals surface area contributed by atoms with Crippen molar-refractivity contribution in [2.45, 2.75) is 0 Å². The van der Waals surface area contributed by atoms with E-state index < -0.39 is 0 Å². The third-order valence-electron chi connectivity index (χ3n) is 9.93. The lowest BCUT2D eigenvalue weighted by Gasteiger charge is -2.11. The molecule has 2 heterocycles. The summed E-state index contributed by atoms with van der Waals surface area (Å²) in [6.45, 7) is 0. The molecule has 8 aromatic carbocycles. The number of benzene rings is 8. The van der Waals surface area contributed by atoms with Crippen molar-refractivity contribution < 1.29 is 4.42 Å². The Balaban J connectivity index is 1.07. The van der Waals surface area contributed by atoms with Gasteiger partial charge in [-0.05, 0) is 68.4 Å². The van der Waals surface area contributed by atoms with Crippen LogP contribution < -0.4 is 0 Å². The van der Waals surface area contributed by atoms with Gasteiger partial charge in [-0.3, -0.25) is 0 Å². The van der Waals surface area contributed by atoms with Crippen molar-refractivity contribution in [3.05, 3.63) is 188 Å². The SMILES string of the molecule is c1ccc(-c2ccc(-c3nc(-c4ccc(-c5cccc6oc7cc8ccccc8cc7c56)cc4)nc(-c4cccc(-c5ccccc5)c4)n3)cc2)cc1. The summed E-state index contributed by atoms with van der Waals surface area (Å²) < 4.78 is 6.37. The Kier molecular flexibility index (Phi) is 7.43. The van der Waals surface area contributed by atoms with Crippen LogP contribution in [0.15, 0.2) is 192 Å². The smallest absolute Gasteiger partial charge is 0.164 e. The molecule has 4 heteroatoms. The van der Waals surface area contributed by atoms with Gasteiger partial charge in [0.2, 0.25) is 0 Å². The predicted molar refractivity (Wildman–Crippen MR) is 217 cm³/mol. The zero-order chi connectivity index (χ0) is 35.1. The Morgan fingerprint density at radius 3 is 1.43 bits per heavy atom. The molecule has 2 aromatic heterocycles. The fourth-order valence-electron chi connectivity index (χ4n) is 7.23. The lowest BCUT2D eigenvalue weighted by Crippen LogP contribution is -2.00. The van der Waals surface area contributed by atoms with Crippen LogP contribution >= 0.6 is 0 Å². The summed E-state index contributed by atoms with van der Waals surface area (Å²) in [6, 6.07) is 65.2. The fourth-order valence-corrected chi connectivity index (χ4v) is 7.23. The molecule has 0 saturated heterocycles. The van der Waals surface area contributed by atoms with Crippen molar-refractivity contribution in [3.8, 4) is 67.5 Å². The van der Waals surface area contributed by atoms with Crippen LogP contribution in [0.25, 0.3) is 100 Å². The zero-order valence-electron chi connectivity index (χ0n) is 28.6. The van der Waals surface area contributed by atoms with E-state index >= 15 is 0 Å². The van der Waals surface area contributed by atoms with Gasteiger partial charge in [0.05, 0.1) is 0 Å². The molecule has 0 spiro atoms. The molecule has 0 aliphatic carbocycles. The maximum absolute atomic E-state index is 6.37. The molecule has 248 valence electrons.